The number of alkyl halides is 8. The van der Waals surface area contributed by atoms with Crippen molar-refractivity contribution in [3.8, 4) is 46.0 Å². The van der Waals surface area contributed by atoms with Crippen LogP contribution >= 0.6 is 46.4 Å². The summed E-state index contributed by atoms with van der Waals surface area (Å²) in [6.07, 6.45) is 2.73. The second-order valence-corrected chi connectivity index (χ2v) is 38.2. The monoisotopic (exact) mass is 1950 g/mol. The molecule has 32 heteroatoms. The second-order valence-electron chi connectivity index (χ2n) is 36.9. The molecule has 0 aliphatic heterocycles. The van der Waals surface area contributed by atoms with E-state index in [9.17, 15) is 38.0 Å². The van der Waals surface area contributed by atoms with Gasteiger partial charge in [0.05, 0.1) is 77.4 Å². The molecule has 0 aliphatic rings. The van der Waals surface area contributed by atoms with Gasteiger partial charge in [0, 0.05) is 68.9 Å². The number of aliphatic hydroxyl groups excluding tert-OH is 4. The highest BCUT2D eigenvalue weighted by Gasteiger charge is 2.30. The Kier molecular flexibility index (Phi) is 42.4. The lowest BCUT2D eigenvalue weighted by molar-refractivity contribution is 0.0887. The summed E-state index contributed by atoms with van der Waals surface area (Å²) in [7, 11) is 0. The highest BCUT2D eigenvalue weighted by Crippen LogP contribution is 2.40. The van der Waals surface area contributed by atoms with E-state index in [2.05, 4.69) is 201 Å². The zero-order valence-electron chi connectivity index (χ0n) is 80.7. The molecule has 4 heterocycles. The van der Waals surface area contributed by atoms with Crippen LogP contribution in [0.2, 0.25) is 0 Å². The van der Waals surface area contributed by atoms with Crippen molar-refractivity contribution in [3.05, 3.63) is 284 Å². The average Bonchev–Trinajstić information content (AvgIpc) is 1.51. The summed E-state index contributed by atoms with van der Waals surface area (Å²) in [5, 5.41) is 70.5. The summed E-state index contributed by atoms with van der Waals surface area (Å²) in [6, 6.07) is 56.7. The highest BCUT2D eigenvalue weighted by molar-refractivity contribution is 6.18. The van der Waals surface area contributed by atoms with E-state index in [0.29, 0.717) is 96.6 Å². The Morgan fingerprint density at radius 2 is 0.449 bits per heavy atom. The summed E-state index contributed by atoms with van der Waals surface area (Å²) in [6.45, 7) is 34.7. The van der Waals surface area contributed by atoms with Gasteiger partial charge >= 0.3 is 0 Å². The summed E-state index contributed by atoms with van der Waals surface area (Å²) >= 11 is 23.5. The number of nitrogens with zero attached hydrogens (tertiary/aromatic N) is 12. The summed E-state index contributed by atoms with van der Waals surface area (Å²) in [5.74, 6) is 9.68. The Hall–Kier alpha value is -10.6. The first-order chi connectivity index (χ1) is 64.9. The number of rotatable bonds is 48. The van der Waals surface area contributed by atoms with Gasteiger partial charge in [-0.05, 0) is 167 Å². The predicted molar refractivity (Wildman–Crippen MR) is 526 cm³/mol. The van der Waals surface area contributed by atoms with Crippen LogP contribution in [-0.4, -0.2) is 181 Å². The SMILES string of the molecule is Cc1cc(C(C)(C)c2ccc(OC[C@@H](O)Cn3cc(C[18F])nn3)cc2)ccc1OC[C@@H](C)CCl.Cc1cc(C(C)(C)c2ccc(OC[C@@H](O)Cn3cc(C[18F])nn3)cc2)ccc1OC[C@H](C)CCl.Cc1cc(C(C)(C)c2ccc(OC[C@H](O)Cn3cc(C[18F])nn3)cc2)ccc1OC[C@@H](C)CCl.Cc1cc(C(C)(C)c2ccc(OC[C@H](O)Cn3cc(C[18F])nn3)cc2)ccc1OC[C@H](C)CCl. The minimum Gasteiger partial charge on any atom is -0.493 e. The molecule has 8 aromatic carbocycles. The molecule has 736 valence electrons. The van der Waals surface area contributed by atoms with E-state index < -0.39 is 51.1 Å². The van der Waals surface area contributed by atoms with Crippen molar-refractivity contribution in [1.82, 2.24) is 60.0 Å². The quantitative estimate of drug-likeness (QED) is 0.0204. The average molecular weight is 1960 g/mol. The molecule has 136 heavy (non-hydrogen) atoms. The molecule has 0 fully saturated rings. The number of hydrogen-bond donors (Lipinski definition) is 4. The molecule has 0 amide bonds. The summed E-state index contributed by atoms with van der Waals surface area (Å²) < 4.78 is 102. The van der Waals surface area contributed by atoms with E-state index >= 15 is 0 Å². The van der Waals surface area contributed by atoms with Crippen LogP contribution in [0.25, 0.3) is 0 Å². The molecule has 4 N–H and O–H groups in total. The van der Waals surface area contributed by atoms with Crippen LogP contribution in [0.15, 0.2) is 195 Å². The molecule has 0 radical (unpaired) electrons. The highest BCUT2D eigenvalue weighted by atomic mass is 35.5. The molecule has 12 rings (SSSR count). The van der Waals surface area contributed by atoms with Crippen molar-refractivity contribution < 1.29 is 75.9 Å². The lowest BCUT2D eigenvalue weighted by atomic mass is 9.77. The van der Waals surface area contributed by atoms with Crippen molar-refractivity contribution >= 4 is 46.4 Å². The zero-order chi connectivity index (χ0) is 98.9. The minimum absolute atomic E-state index is 0.0938. The molecule has 0 unspecified atom stereocenters. The van der Waals surface area contributed by atoms with Crippen LogP contribution in [0.5, 0.6) is 46.0 Å². The number of halogens is 8. The van der Waals surface area contributed by atoms with E-state index in [1.165, 1.54) is 65.8 Å². The Balaban J connectivity index is 0.000000203. The van der Waals surface area contributed by atoms with Gasteiger partial charge in [0.15, 0.2) is 0 Å². The van der Waals surface area contributed by atoms with Gasteiger partial charge in [-0.1, -0.05) is 201 Å². The van der Waals surface area contributed by atoms with E-state index in [1.807, 2.05) is 121 Å². The van der Waals surface area contributed by atoms with E-state index in [-0.39, 0.29) is 97.0 Å². The lowest BCUT2D eigenvalue weighted by Gasteiger charge is -2.27. The third kappa shape index (κ3) is 32.8. The van der Waals surface area contributed by atoms with Gasteiger partial charge < -0.3 is 58.3 Å². The van der Waals surface area contributed by atoms with E-state index in [1.54, 1.807) is 0 Å². The molecule has 12 aromatic rings. The van der Waals surface area contributed by atoms with E-state index in [0.717, 1.165) is 67.5 Å². The summed E-state index contributed by atoms with van der Waals surface area (Å²) in [4.78, 5) is 0. The van der Waals surface area contributed by atoms with Crippen LogP contribution < -0.4 is 37.9 Å². The van der Waals surface area contributed by atoms with Crippen LogP contribution in [0.4, 0.5) is 17.6 Å². The van der Waals surface area contributed by atoms with Gasteiger partial charge in [0.1, 0.15) is 146 Å². The first-order valence-corrected chi connectivity index (χ1v) is 47.7. The largest absolute Gasteiger partial charge is 0.493 e. The molecular weight excluding hydrogens is 1820 g/mol. The van der Waals surface area contributed by atoms with Crippen LogP contribution in [0.1, 0.15) is 173 Å². The fourth-order valence-corrected chi connectivity index (χ4v) is 14.6. The maximum absolute atomic E-state index is 12.6. The fourth-order valence-electron chi connectivity index (χ4n) is 14.2. The van der Waals surface area contributed by atoms with Crippen molar-refractivity contribution in [2.24, 2.45) is 23.7 Å². The third-order valence-electron chi connectivity index (χ3n) is 23.3. The van der Waals surface area contributed by atoms with Crippen LogP contribution in [0, 0.1) is 51.4 Å². The molecule has 8 atom stereocenters. The van der Waals surface area contributed by atoms with Crippen LogP contribution in [0.3, 0.4) is 0 Å². The standard InChI is InChI=1S/4C26H33ClFN3O3/c4*1-18(12-27)16-34-25-10-7-21(11-19(25)2)26(3,4)20-5-8-24(9-6-20)33-17-23(32)15-31-14-22(13-28)29-30-31/h4*5-11,14,18,23,32H,12-13,15-17H2,1-4H3/t2*18-,23+;2*18-,23-/m1010/s1/i4*28-1. The first kappa shape index (κ1) is 109. The molecular formula is C104H132Cl4F4N12O12. The molecule has 0 saturated carbocycles. The second kappa shape index (κ2) is 52.8. The maximum atomic E-state index is 12.6. The number of benzene rings is 8. The van der Waals surface area contributed by atoms with Gasteiger partial charge in [-0.25, -0.2) is 36.3 Å². The topological polar surface area (TPSA) is 278 Å². The third-order valence-corrected chi connectivity index (χ3v) is 25.4. The molecule has 0 spiro atoms. The lowest BCUT2D eigenvalue weighted by Crippen LogP contribution is -2.24. The fraction of sp³-hybridized carbons (Fsp3) is 0.462. The van der Waals surface area contributed by atoms with Gasteiger partial charge in [0.2, 0.25) is 0 Å². The number of aromatic nitrogens is 12. The van der Waals surface area contributed by atoms with Gasteiger partial charge in [-0.3, -0.25) is 0 Å². The number of hydrogen-bond acceptors (Lipinski definition) is 20. The molecule has 0 saturated heterocycles. The molecule has 0 aliphatic carbocycles. The maximum Gasteiger partial charge on any atom is 0.135 e. The minimum atomic E-state index is -0.790. The normalized spacial score (nSPS) is 13.5. The molecule has 4 aromatic heterocycles. The van der Waals surface area contributed by atoms with Gasteiger partial charge in [0.25, 0.3) is 0 Å². The number of ether oxygens (including phenoxy) is 8. The van der Waals surface area contributed by atoms with Gasteiger partial charge in [-0.15, -0.1) is 66.8 Å². The Bertz CT molecular complexity index is 4900. The number of aryl methyl sites for hydroxylation is 4. The summed E-state index contributed by atoms with van der Waals surface area (Å²) in [5.41, 5.74) is 13.8. The van der Waals surface area contributed by atoms with Crippen molar-refractivity contribution in [2.45, 2.75) is 210 Å². The molecule has 24 nitrogen and oxygen atoms in total. The first-order valence-electron chi connectivity index (χ1n) is 45.6. The van der Waals surface area contributed by atoms with Crippen molar-refractivity contribution in [2.75, 3.05) is 76.4 Å². The predicted octanol–water partition coefficient (Wildman–Crippen LogP) is 20.3. The van der Waals surface area contributed by atoms with E-state index in [4.69, 9.17) is 84.3 Å². The smallest absolute Gasteiger partial charge is 0.135 e. The zero-order valence-corrected chi connectivity index (χ0v) is 83.7. The van der Waals surface area contributed by atoms with Crippen LogP contribution in [-0.2, 0) is 74.5 Å². The number of aliphatic hydroxyl groups is 4. The van der Waals surface area contributed by atoms with Gasteiger partial charge in [-0.2, -0.15) is 0 Å². The Morgan fingerprint density at radius 1 is 0.272 bits per heavy atom. The Morgan fingerprint density at radius 3 is 0.603 bits per heavy atom. The van der Waals surface area contributed by atoms with Crippen molar-refractivity contribution in [1.29, 1.82) is 0 Å². The van der Waals surface area contributed by atoms with Crippen molar-refractivity contribution in [3.63, 3.8) is 0 Å². The molecule has 0 bridgehead atoms. The Labute approximate surface area is 817 Å².